The van der Waals surface area contributed by atoms with Crippen molar-refractivity contribution in [2.45, 2.75) is 25.9 Å². The fourth-order valence-electron chi connectivity index (χ4n) is 2.51. The molecule has 1 heterocycles. The fourth-order valence-corrected chi connectivity index (χ4v) is 2.51. The van der Waals surface area contributed by atoms with Crippen LogP contribution in [0.4, 0.5) is 5.69 Å². The number of ether oxygens (including phenoxy) is 1. The lowest BCUT2D eigenvalue weighted by Crippen LogP contribution is -2.40. The molecule has 0 atom stereocenters. The molecular formula is C18H26N2O. The van der Waals surface area contributed by atoms with Crippen molar-refractivity contribution in [3.05, 3.63) is 49.1 Å². The van der Waals surface area contributed by atoms with Gasteiger partial charge in [-0.2, -0.15) is 0 Å². The summed E-state index contributed by atoms with van der Waals surface area (Å²) < 4.78 is 5.98. The minimum atomic E-state index is -0.140. The molecule has 21 heavy (non-hydrogen) atoms. The van der Waals surface area contributed by atoms with Gasteiger partial charge in [-0.15, -0.1) is 13.2 Å². The monoisotopic (exact) mass is 286 g/mol. The molecule has 1 aliphatic heterocycles. The van der Waals surface area contributed by atoms with Gasteiger partial charge in [-0.1, -0.05) is 18.2 Å². The van der Waals surface area contributed by atoms with Crippen molar-refractivity contribution < 1.29 is 4.74 Å². The molecule has 3 heteroatoms. The summed E-state index contributed by atoms with van der Waals surface area (Å²) in [5.74, 6) is 0.948. The van der Waals surface area contributed by atoms with E-state index in [1.807, 2.05) is 12.2 Å². The first-order chi connectivity index (χ1) is 10.0. The zero-order chi connectivity index (χ0) is 15.3. The van der Waals surface area contributed by atoms with Gasteiger partial charge in [0, 0.05) is 19.6 Å². The topological polar surface area (TPSA) is 24.5 Å². The van der Waals surface area contributed by atoms with Crippen molar-refractivity contribution >= 4 is 5.69 Å². The Balaban J connectivity index is 1.99. The molecule has 0 saturated heterocycles. The molecule has 0 spiro atoms. The van der Waals surface area contributed by atoms with Gasteiger partial charge < -0.3 is 10.1 Å². The molecule has 1 N–H and O–H groups in total. The predicted molar refractivity (Wildman–Crippen MR) is 90.2 cm³/mol. The second-order valence-corrected chi connectivity index (χ2v) is 6.13. The van der Waals surface area contributed by atoms with E-state index in [1.54, 1.807) is 0 Å². The molecule has 114 valence electrons. The van der Waals surface area contributed by atoms with Crippen LogP contribution in [0.15, 0.2) is 43.5 Å². The lowest BCUT2D eigenvalue weighted by Gasteiger charge is -2.33. The third-order valence-electron chi connectivity index (χ3n) is 3.63. The van der Waals surface area contributed by atoms with Crippen LogP contribution in [0, 0.1) is 0 Å². The van der Waals surface area contributed by atoms with Crippen molar-refractivity contribution in [3.63, 3.8) is 0 Å². The van der Waals surface area contributed by atoms with E-state index in [0.717, 1.165) is 44.0 Å². The molecular weight excluding hydrogens is 260 g/mol. The molecule has 3 nitrogen and oxygen atoms in total. The van der Waals surface area contributed by atoms with Crippen molar-refractivity contribution in [2.24, 2.45) is 0 Å². The number of benzene rings is 1. The standard InChI is InChI=1S/C18H26N2O/c1-5-10-20(11-6-2)12-9-15-7-8-17-16(13-15)19-14-18(3,4)21-17/h5-8,13,19H,1-2,9-12,14H2,3-4H3. The first-order valence-electron chi connectivity index (χ1n) is 7.54. The van der Waals surface area contributed by atoms with Crippen molar-refractivity contribution in [2.75, 3.05) is 31.5 Å². The van der Waals surface area contributed by atoms with Crippen LogP contribution < -0.4 is 10.1 Å². The summed E-state index contributed by atoms with van der Waals surface area (Å²) in [7, 11) is 0. The zero-order valence-corrected chi connectivity index (χ0v) is 13.2. The summed E-state index contributed by atoms with van der Waals surface area (Å²) in [5, 5.41) is 3.46. The summed E-state index contributed by atoms with van der Waals surface area (Å²) in [6.45, 7) is 15.4. The highest BCUT2D eigenvalue weighted by molar-refractivity contribution is 5.60. The van der Waals surface area contributed by atoms with E-state index in [0.29, 0.717) is 0 Å². The number of hydrogen-bond acceptors (Lipinski definition) is 3. The minimum absolute atomic E-state index is 0.140. The number of nitrogens with zero attached hydrogens (tertiary/aromatic N) is 1. The van der Waals surface area contributed by atoms with Crippen LogP contribution in [0.3, 0.4) is 0 Å². The molecule has 2 rings (SSSR count). The Bertz CT molecular complexity index is 498. The quantitative estimate of drug-likeness (QED) is 0.777. The van der Waals surface area contributed by atoms with E-state index in [9.17, 15) is 0 Å². The van der Waals surface area contributed by atoms with Crippen LogP contribution in [-0.2, 0) is 6.42 Å². The summed E-state index contributed by atoms with van der Waals surface area (Å²) in [6, 6.07) is 6.43. The Labute approximate surface area is 128 Å². The van der Waals surface area contributed by atoms with Crippen molar-refractivity contribution in [1.82, 2.24) is 4.90 Å². The second-order valence-electron chi connectivity index (χ2n) is 6.13. The molecule has 0 saturated carbocycles. The predicted octanol–water partition coefficient (Wildman–Crippen LogP) is 3.49. The number of fused-ring (bicyclic) bond motifs is 1. The molecule has 0 aliphatic carbocycles. The smallest absolute Gasteiger partial charge is 0.143 e. The normalized spacial score (nSPS) is 15.8. The van der Waals surface area contributed by atoms with E-state index in [-0.39, 0.29) is 5.60 Å². The molecule has 0 amide bonds. The Hall–Kier alpha value is -1.74. The van der Waals surface area contributed by atoms with E-state index in [2.05, 4.69) is 55.4 Å². The number of hydrogen-bond donors (Lipinski definition) is 1. The van der Waals surface area contributed by atoms with Crippen LogP contribution in [0.2, 0.25) is 0 Å². The molecule has 0 radical (unpaired) electrons. The third kappa shape index (κ3) is 4.36. The Morgan fingerprint density at radius 1 is 1.29 bits per heavy atom. The lowest BCUT2D eigenvalue weighted by atomic mass is 10.0. The molecule has 0 bridgehead atoms. The first kappa shape index (κ1) is 15.6. The third-order valence-corrected chi connectivity index (χ3v) is 3.63. The summed E-state index contributed by atoms with van der Waals surface area (Å²) in [5.41, 5.74) is 2.28. The Kier molecular flexibility index (Phi) is 5.07. The highest BCUT2D eigenvalue weighted by Crippen LogP contribution is 2.33. The molecule has 0 aromatic heterocycles. The van der Waals surface area contributed by atoms with Crippen LogP contribution in [0.25, 0.3) is 0 Å². The Morgan fingerprint density at radius 2 is 2.00 bits per heavy atom. The van der Waals surface area contributed by atoms with E-state index < -0.39 is 0 Å². The summed E-state index contributed by atoms with van der Waals surface area (Å²) in [6.07, 6.45) is 4.89. The number of rotatable bonds is 7. The van der Waals surface area contributed by atoms with Gasteiger partial charge in [0.1, 0.15) is 11.4 Å². The van der Waals surface area contributed by atoms with Crippen LogP contribution in [0.5, 0.6) is 5.75 Å². The largest absolute Gasteiger partial charge is 0.484 e. The van der Waals surface area contributed by atoms with Gasteiger partial charge in [-0.05, 0) is 38.0 Å². The molecule has 1 aromatic rings. The average Bonchev–Trinajstić information content (AvgIpc) is 2.44. The average molecular weight is 286 g/mol. The maximum absolute atomic E-state index is 5.98. The summed E-state index contributed by atoms with van der Waals surface area (Å²) in [4.78, 5) is 2.33. The highest BCUT2D eigenvalue weighted by atomic mass is 16.5. The molecule has 0 unspecified atom stereocenters. The van der Waals surface area contributed by atoms with Gasteiger partial charge in [0.15, 0.2) is 0 Å². The minimum Gasteiger partial charge on any atom is -0.484 e. The van der Waals surface area contributed by atoms with Gasteiger partial charge >= 0.3 is 0 Å². The van der Waals surface area contributed by atoms with Crippen molar-refractivity contribution in [3.8, 4) is 5.75 Å². The number of anilines is 1. The van der Waals surface area contributed by atoms with E-state index >= 15 is 0 Å². The lowest BCUT2D eigenvalue weighted by molar-refractivity contribution is 0.116. The maximum atomic E-state index is 5.98. The molecule has 0 fully saturated rings. The zero-order valence-electron chi connectivity index (χ0n) is 13.2. The van der Waals surface area contributed by atoms with Gasteiger partial charge in [0.05, 0.1) is 12.2 Å². The van der Waals surface area contributed by atoms with Gasteiger partial charge in [0.25, 0.3) is 0 Å². The molecule has 1 aromatic carbocycles. The van der Waals surface area contributed by atoms with Gasteiger partial charge in [-0.25, -0.2) is 0 Å². The fraction of sp³-hybridized carbons (Fsp3) is 0.444. The van der Waals surface area contributed by atoms with Crippen LogP contribution >= 0.6 is 0 Å². The summed E-state index contributed by atoms with van der Waals surface area (Å²) >= 11 is 0. The first-order valence-corrected chi connectivity index (χ1v) is 7.54. The Morgan fingerprint density at radius 3 is 2.67 bits per heavy atom. The van der Waals surface area contributed by atoms with Crippen LogP contribution in [0.1, 0.15) is 19.4 Å². The second kappa shape index (κ2) is 6.81. The van der Waals surface area contributed by atoms with E-state index in [1.165, 1.54) is 5.56 Å². The van der Waals surface area contributed by atoms with Gasteiger partial charge in [-0.3, -0.25) is 4.90 Å². The van der Waals surface area contributed by atoms with Gasteiger partial charge in [0.2, 0.25) is 0 Å². The SMILES string of the molecule is C=CCN(CC=C)CCc1ccc2c(c1)NCC(C)(C)O2. The van der Waals surface area contributed by atoms with Crippen molar-refractivity contribution in [1.29, 1.82) is 0 Å². The van der Waals surface area contributed by atoms with E-state index in [4.69, 9.17) is 4.74 Å². The number of nitrogens with one attached hydrogen (secondary N) is 1. The molecule has 1 aliphatic rings. The maximum Gasteiger partial charge on any atom is 0.143 e. The highest BCUT2D eigenvalue weighted by Gasteiger charge is 2.26. The van der Waals surface area contributed by atoms with Crippen LogP contribution in [-0.4, -0.2) is 36.7 Å².